The number of amides is 1. The molecule has 2 N–H and O–H groups in total. The molecule has 4 aromatic rings. The van der Waals surface area contributed by atoms with Crippen LogP contribution < -0.4 is 28.6 Å². The van der Waals surface area contributed by atoms with Crippen LogP contribution in [0.25, 0.3) is 0 Å². The molecule has 0 aliphatic carbocycles. The molecule has 0 radical (unpaired) electrons. The first-order chi connectivity index (χ1) is 21.0. The highest BCUT2D eigenvalue weighted by atomic mass is 32.2. The van der Waals surface area contributed by atoms with Crippen LogP contribution in [0.1, 0.15) is 12.5 Å². The lowest BCUT2D eigenvalue weighted by molar-refractivity contribution is -0.114. The van der Waals surface area contributed by atoms with Crippen LogP contribution in [0.3, 0.4) is 0 Å². The van der Waals surface area contributed by atoms with Crippen molar-refractivity contribution in [2.75, 3.05) is 41.7 Å². The summed E-state index contributed by atoms with van der Waals surface area (Å²) in [5.41, 5.74) is 1.61. The van der Waals surface area contributed by atoms with Gasteiger partial charge >= 0.3 is 0 Å². The maximum absolute atomic E-state index is 13.7. The molecule has 0 heterocycles. The molecule has 0 unspecified atom stereocenters. The predicted octanol–water partition coefficient (Wildman–Crippen LogP) is 5.05. The van der Waals surface area contributed by atoms with Crippen molar-refractivity contribution in [1.82, 2.24) is 0 Å². The van der Waals surface area contributed by atoms with E-state index in [9.17, 15) is 21.6 Å². The molecule has 11 nitrogen and oxygen atoms in total. The summed E-state index contributed by atoms with van der Waals surface area (Å²) in [7, 11) is -5.28. The number of sulfonamides is 2. The van der Waals surface area contributed by atoms with E-state index < -0.39 is 32.5 Å². The number of anilines is 3. The lowest BCUT2D eigenvalue weighted by atomic mass is 10.2. The normalized spacial score (nSPS) is 11.4. The van der Waals surface area contributed by atoms with Crippen molar-refractivity contribution in [3.8, 4) is 17.2 Å². The molecular formula is C31H33N3O8S2. The molecule has 13 heteroatoms. The summed E-state index contributed by atoms with van der Waals surface area (Å²) < 4.78 is 72.8. The van der Waals surface area contributed by atoms with Crippen molar-refractivity contribution in [3.63, 3.8) is 0 Å². The molecule has 4 rings (SSSR count). The number of aryl methyl sites for hydroxylation is 1. The molecule has 0 saturated heterocycles. The summed E-state index contributed by atoms with van der Waals surface area (Å²) in [5, 5.41) is 2.65. The summed E-state index contributed by atoms with van der Waals surface area (Å²) in [6, 6.07) is 22.9. The zero-order valence-electron chi connectivity index (χ0n) is 24.6. The first-order valence-electron chi connectivity index (χ1n) is 13.4. The Hall–Kier alpha value is -4.75. The van der Waals surface area contributed by atoms with Gasteiger partial charge in [-0.15, -0.1) is 0 Å². The van der Waals surface area contributed by atoms with Crippen molar-refractivity contribution >= 4 is 43.0 Å². The van der Waals surface area contributed by atoms with E-state index in [0.29, 0.717) is 23.9 Å². The van der Waals surface area contributed by atoms with E-state index >= 15 is 0 Å². The third kappa shape index (κ3) is 7.60. The number of carbonyl (C=O) groups excluding carboxylic acids is 1. The Morgan fingerprint density at radius 3 is 1.98 bits per heavy atom. The zero-order chi connectivity index (χ0) is 31.9. The largest absolute Gasteiger partial charge is 0.497 e. The lowest BCUT2D eigenvalue weighted by Gasteiger charge is -2.24. The summed E-state index contributed by atoms with van der Waals surface area (Å²) >= 11 is 0. The third-order valence-corrected chi connectivity index (χ3v) is 9.60. The fourth-order valence-corrected chi connectivity index (χ4v) is 6.66. The molecule has 0 aromatic heterocycles. The fourth-order valence-electron chi connectivity index (χ4n) is 4.17. The SMILES string of the molecule is CCOc1ccc(N(CC(=O)Nc2ccc(S(=O)(=O)Nc3cc(OC)ccc3OC)cc2)S(=O)(=O)c2ccc(C)cc2)cc1. The molecular weight excluding hydrogens is 606 g/mol. The molecule has 0 aliphatic heterocycles. The van der Waals surface area contributed by atoms with E-state index in [2.05, 4.69) is 10.0 Å². The number of carbonyl (C=O) groups is 1. The third-order valence-electron chi connectivity index (χ3n) is 6.43. The van der Waals surface area contributed by atoms with Gasteiger partial charge in [-0.2, -0.15) is 0 Å². The minimum atomic E-state index is -4.13. The molecule has 0 spiro atoms. The van der Waals surface area contributed by atoms with E-state index in [1.807, 2.05) is 13.8 Å². The van der Waals surface area contributed by atoms with E-state index in [-0.39, 0.29) is 26.9 Å². The lowest BCUT2D eigenvalue weighted by Crippen LogP contribution is -2.38. The average molecular weight is 640 g/mol. The smallest absolute Gasteiger partial charge is 0.264 e. The van der Waals surface area contributed by atoms with Crippen LogP contribution in [0.2, 0.25) is 0 Å². The number of hydrogen-bond donors (Lipinski definition) is 2. The predicted molar refractivity (Wildman–Crippen MR) is 169 cm³/mol. The molecule has 0 fully saturated rings. The van der Waals surface area contributed by atoms with Gasteiger partial charge in [-0.05, 0) is 86.6 Å². The Morgan fingerprint density at radius 1 is 0.773 bits per heavy atom. The number of nitrogens with one attached hydrogen (secondary N) is 2. The van der Waals surface area contributed by atoms with Gasteiger partial charge in [0.05, 0.1) is 42.0 Å². The van der Waals surface area contributed by atoms with Crippen LogP contribution >= 0.6 is 0 Å². The molecule has 4 aromatic carbocycles. The highest BCUT2D eigenvalue weighted by Gasteiger charge is 2.27. The maximum atomic E-state index is 13.7. The summed E-state index contributed by atoms with van der Waals surface area (Å²) in [6.07, 6.45) is 0. The van der Waals surface area contributed by atoms with Gasteiger partial charge in [0.1, 0.15) is 23.8 Å². The summed E-state index contributed by atoms with van der Waals surface area (Å²) in [5.74, 6) is 0.661. The Bertz CT molecular complexity index is 1810. The van der Waals surface area contributed by atoms with E-state index in [1.54, 1.807) is 48.5 Å². The van der Waals surface area contributed by atoms with Crippen LogP contribution in [-0.4, -0.2) is 50.1 Å². The van der Waals surface area contributed by atoms with Gasteiger partial charge in [0.15, 0.2) is 0 Å². The van der Waals surface area contributed by atoms with Crippen molar-refractivity contribution in [1.29, 1.82) is 0 Å². The fraction of sp³-hybridized carbons (Fsp3) is 0.194. The topological polar surface area (TPSA) is 140 Å². The molecule has 0 bridgehead atoms. The monoisotopic (exact) mass is 639 g/mol. The number of benzene rings is 4. The Kier molecular flexibility index (Phi) is 10.0. The van der Waals surface area contributed by atoms with Crippen LogP contribution in [0.15, 0.2) is 101 Å². The Labute approximate surface area is 257 Å². The van der Waals surface area contributed by atoms with Gasteiger partial charge < -0.3 is 19.5 Å². The second-order valence-electron chi connectivity index (χ2n) is 9.50. The van der Waals surface area contributed by atoms with Crippen molar-refractivity contribution in [2.24, 2.45) is 0 Å². The molecule has 0 atom stereocenters. The molecule has 1 amide bonds. The quantitative estimate of drug-likeness (QED) is 0.207. The number of rotatable bonds is 13. The van der Waals surface area contributed by atoms with E-state index in [1.165, 1.54) is 56.7 Å². The van der Waals surface area contributed by atoms with Crippen LogP contribution in [-0.2, 0) is 24.8 Å². The van der Waals surface area contributed by atoms with Crippen LogP contribution in [0, 0.1) is 6.92 Å². The number of hydrogen-bond acceptors (Lipinski definition) is 8. The Morgan fingerprint density at radius 2 is 1.39 bits per heavy atom. The highest BCUT2D eigenvalue weighted by molar-refractivity contribution is 7.93. The maximum Gasteiger partial charge on any atom is 0.264 e. The standard InChI is InChI=1S/C31H33N3O8S2/c1-5-42-25-12-10-24(11-13-25)34(44(38,39)28-15-6-22(2)7-16-28)21-31(35)32-23-8-17-27(18-9-23)43(36,37)33-29-20-26(40-3)14-19-30(29)41-4/h6-20,33H,5,21H2,1-4H3,(H,32,35). The van der Waals surface area contributed by atoms with E-state index in [4.69, 9.17) is 14.2 Å². The van der Waals surface area contributed by atoms with Crippen molar-refractivity contribution in [2.45, 2.75) is 23.6 Å². The van der Waals surface area contributed by atoms with Crippen molar-refractivity contribution in [3.05, 3.63) is 96.6 Å². The number of ether oxygens (including phenoxy) is 3. The molecule has 44 heavy (non-hydrogen) atoms. The van der Waals surface area contributed by atoms with Crippen molar-refractivity contribution < 1.29 is 35.8 Å². The molecule has 0 saturated carbocycles. The zero-order valence-corrected chi connectivity index (χ0v) is 26.2. The minimum absolute atomic E-state index is 0.0273. The second-order valence-corrected chi connectivity index (χ2v) is 13.0. The van der Waals surface area contributed by atoms with Gasteiger partial charge in [0.2, 0.25) is 5.91 Å². The Balaban J connectivity index is 1.54. The van der Waals surface area contributed by atoms with Gasteiger partial charge in [0.25, 0.3) is 20.0 Å². The number of methoxy groups -OCH3 is 2. The highest BCUT2D eigenvalue weighted by Crippen LogP contribution is 2.31. The molecule has 0 aliphatic rings. The van der Waals surface area contributed by atoms with E-state index in [0.717, 1.165) is 9.87 Å². The second kappa shape index (κ2) is 13.7. The van der Waals surface area contributed by atoms with Gasteiger partial charge in [0, 0.05) is 11.8 Å². The number of nitrogens with zero attached hydrogens (tertiary/aromatic N) is 1. The van der Waals surface area contributed by atoms with Gasteiger partial charge in [-0.3, -0.25) is 13.8 Å². The first-order valence-corrected chi connectivity index (χ1v) is 16.4. The van der Waals surface area contributed by atoms with Crippen LogP contribution in [0.5, 0.6) is 17.2 Å². The van der Waals surface area contributed by atoms with Gasteiger partial charge in [-0.25, -0.2) is 16.8 Å². The van der Waals surface area contributed by atoms with Crippen LogP contribution in [0.4, 0.5) is 17.1 Å². The summed E-state index contributed by atoms with van der Waals surface area (Å²) in [6.45, 7) is 3.58. The minimum Gasteiger partial charge on any atom is -0.497 e. The van der Waals surface area contributed by atoms with Gasteiger partial charge in [-0.1, -0.05) is 17.7 Å². The average Bonchev–Trinajstić information content (AvgIpc) is 3.00. The summed E-state index contributed by atoms with van der Waals surface area (Å²) in [4.78, 5) is 13.1. The first kappa shape index (κ1) is 32.2. The molecule has 232 valence electrons.